The van der Waals surface area contributed by atoms with Gasteiger partial charge in [-0.3, -0.25) is 0 Å². The number of fused-ring (bicyclic) bond motifs is 3. The normalized spacial score (nSPS) is 15.0. The van der Waals surface area contributed by atoms with Crippen LogP contribution in [0.25, 0.3) is 11.1 Å². The van der Waals surface area contributed by atoms with Gasteiger partial charge in [-0.25, -0.2) is 4.79 Å². The summed E-state index contributed by atoms with van der Waals surface area (Å²) in [6.45, 7) is 4.47. The molecule has 0 aromatic heterocycles. The number of likely N-dealkylation sites (N-methyl/N-ethyl adjacent to an activating group) is 1. The maximum Gasteiger partial charge on any atom is 0.409 e. The Morgan fingerprint density at radius 2 is 1.59 bits per heavy atom. The largest absolute Gasteiger partial charge is 0.448 e. The van der Waals surface area contributed by atoms with Gasteiger partial charge < -0.3 is 19.5 Å². The molecule has 5 heteroatoms. The van der Waals surface area contributed by atoms with E-state index in [2.05, 4.69) is 24.3 Å². The molecule has 5 nitrogen and oxygen atoms in total. The summed E-state index contributed by atoms with van der Waals surface area (Å²) in [6, 6.07) is 16.4. The van der Waals surface area contributed by atoms with Crippen LogP contribution < -0.4 is 0 Å². The lowest BCUT2D eigenvalue weighted by Gasteiger charge is -2.25. The van der Waals surface area contributed by atoms with Gasteiger partial charge in [0.05, 0.1) is 25.4 Å². The van der Waals surface area contributed by atoms with Crippen LogP contribution in [0.15, 0.2) is 48.5 Å². The van der Waals surface area contributed by atoms with E-state index in [1.807, 2.05) is 31.2 Å². The number of hydrogen-bond acceptors (Lipinski definition) is 4. The van der Waals surface area contributed by atoms with Crippen LogP contribution in [0.2, 0.25) is 0 Å². The topological polar surface area (TPSA) is 59.0 Å². The fourth-order valence-corrected chi connectivity index (χ4v) is 3.40. The third-order valence-electron chi connectivity index (χ3n) is 5.00. The first-order chi connectivity index (χ1) is 13.0. The molecule has 0 aliphatic heterocycles. The molecule has 27 heavy (non-hydrogen) atoms. The highest BCUT2D eigenvalue weighted by molar-refractivity contribution is 5.79. The highest BCUT2D eigenvalue weighted by atomic mass is 16.6. The van der Waals surface area contributed by atoms with Crippen LogP contribution >= 0.6 is 0 Å². The van der Waals surface area contributed by atoms with Crippen LogP contribution in [0.3, 0.4) is 0 Å². The van der Waals surface area contributed by atoms with E-state index in [0.29, 0.717) is 13.2 Å². The number of benzene rings is 2. The second kappa shape index (κ2) is 8.55. The third-order valence-corrected chi connectivity index (χ3v) is 5.00. The Balaban J connectivity index is 1.62. The summed E-state index contributed by atoms with van der Waals surface area (Å²) >= 11 is 0. The quantitative estimate of drug-likeness (QED) is 0.809. The molecule has 2 unspecified atom stereocenters. The van der Waals surface area contributed by atoms with Crippen LogP contribution in [-0.2, 0) is 9.47 Å². The van der Waals surface area contributed by atoms with Gasteiger partial charge in [-0.15, -0.1) is 0 Å². The molecule has 1 amide bonds. The summed E-state index contributed by atoms with van der Waals surface area (Å²) in [5.74, 6) is 0.0524. The van der Waals surface area contributed by atoms with Crippen molar-refractivity contribution in [1.29, 1.82) is 0 Å². The van der Waals surface area contributed by atoms with Gasteiger partial charge in [0.2, 0.25) is 0 Å². The lowest BCUT2D eigenvalue weighted by atomic mass is 9.98. The fraction of sp³-hybridized carbons (Fsp3) is 0.409. The minimum absolute atomic E-state index is 0.0524. The zero-order valence-corrected chi connectivity index (χ0v) is 16.1. The van der Waals surface area contributed by atoms with Crippen LogP contribution in [0.5, 0.6) is 0 Å². The first-order valence-electron chi connectivity index (χ1n) is 9.32. The molecule has 1 aliphatic rings. The van der Waals surface area contributed by atoms with E-state index in [-0.39, 0.29) is 24.7 Å². The highest BCUT2D eigenvalue weighted by Crippen LogP contribution is 2.44. The molecule has 0 spiro atoms. The summed E-state index contributed by atoms with van der Waals surface area (Å²) in [5.41, 5.74) is 4.81. The molecule has 0 saturated carbocycles. The van der Waals surface area contributed by atoms with E-state index in [9.17, 15) is 9.90 Å². The molecular weight excluding hydrogens is 342 g/mol. The maximum atomic E-state index is 12.5. The lowest BCUT2D eigenvalue weighted by Crippen LogP contribution is -2.39. The second-order valence-corrected chi connectivity index (χ2v) is 7.15. The first-order valence-corrected chi connectivity index (χ1v) is 9.32. The van der Waals surface area contributed by atoms with E-state index < -0.39 is 6.10 Å². The van der Waals surface area contributed by atoms with Crippen molar-refractivity contribution in [2.75, 3.05) is 26.9 Å². The van der Waals surface area contributed by atoms with Gasteiger partial charge in [0.15, 0.2) is 0 Å². The van der Waals surface area contributed by atoms with Crippen molar-refractivity contribution < 1.29 is 19.4 Å². The molecule has 1 N–H and O–H groups in total. The average molecular weight is 369 g/mol. The zero-order valence-electron chi connectivity index (χ0n) is 16.1. The van der Waals surface area contributed by atoms with Crippen LogP contribution in [0.1, 0.15) is 30.9 Å². The van der Waals surface area contributed by atoms with Gasteiger partial charge >= 0.3 is 6.09 Å². The number of nitrogens with zero attached hydrogens (tertiary/aromatic N) is 1. The summed E-state index contributed by atoms with van der Waals surface area (Å²) in [7, 11) is 1.70. The van der Waals surface area contributed by atoms with Crippen molar-refractivity contribution in [3.63, 3.8) is 0 Å². The Labute approximate surface area is 160 Å². The molecule has 0 heterocycles. The minimum atomic E-state index is -0.517. The Morgan fingerprint density at radius 3 is 2.15 bits per heavy atom. The van der Waals surface area contributed by atoms with Crippen molar-refractivity contribution in [3.8, 4) is 11.1 Å². The number of rotatable bonds is 7. The van der Waals surface area contributed by atoms with E-state index in [1.54, 1.807) is 14.0 Å². The smallest absolute Gasteiger partial charge is 0.409 e. The van der Waals surface area contributed by atoms with Crippen LogP contribution in [0, 0.1) is 0 Å². The van der Waals surface area contributed by atoms with Gasteiger partial charge in [-0.2, -0.15) is 0 Å². The van der Waals surface area contributed by atoms with Crippen LogP contribution in [-0.4, -0.2) is 55.1 Å². The van der Waals surface area contributed by atoms with Crippen molar-refractivity contribution in [2.45, 2.75) is 31.9 Å². The maximum absolute atomic E-state index is 12.5. The Bertz CT molecular complexity index is 744. The van der Waals surface area contributed by atoms with Crippen molar-refractivity contribution in [2.24, 2.45) is 0 Å². The third kappa shape index (κ3) is 4.31. The average Bonchev–Trinajstić information content (AvgIpc) is 2.99. The number of aliphatic hydroxyl groups excluding tert-OH is 1. The number of carbonyl (C=O) groups excluding carboxylic acids is 1. The number of amides is 1. The summed E-state index contributed by atoms with van der Waals surface area (Å²) in [4.78, 5) is 14.0. The second-order valence-electron chi connectivity index (χ2n) is 7.15. The van der Waals surface area contributed by atoms with Crippen molar-refractivity contribution >= 4 is 6.09 Å². The molecule has 2 atom stereocenters. The molecule has 1 aliphatic carbocycles. The van der Waals surface area contributed by atoms with Crippen molar-refractivity contribution in [1.82, 2.24) is 4.90 Å². The van der Waals surface area contributed by atoms with E-state index in [1.165, 1.54) is 27.2 Å². The van der Waals surface area contributed by atoms with Gasteiger partial charge in [0, 0.05) is 13.0 Å². The summed E-state index contributed by atoms with van der Waals surface area (Å²) in [5, 5.41) is 9.25. The number of ether oxygens (including phenoxy) is 2. The summed E-state index contributed by atoms with van der Waals surface area (Å²) in [6.07, 6.45) is -0.887. The monoisotopic (exact) mass is 369 g/mol. The number of hydrogen-bond donors (Lipinski definition) is 1. The molecule has 2 aromatic carbocycles. The van der Waals surface area contributed by atoms with Crippen LogP contribution in [0.4, 0.5) is 4.79 Å². The van der Waals surface area contributed by atoms with E-state index in [0.717, 1.165) is 0 Å². The van der Waals surface area contributed by atoms with E-state index >= 15 is 0 Å². The molecular formula is C22H27NO4. The molecule has 144 valence electrons. The van der Waals surface area contributed by atoms with Gasteiger partial charge in [-0.1, -0.05) is 48.5 Å². The fourth-order valence-electron chi connectivity index (χ4n) is 3.40. The molecule has 3 rings (SSSR count). The predicted molar refractivity (Wildman–Crippen MR) is 105 cm³/mol. The molecule has 0 fully saturated rings. The highest BCUT2D eigenvalue weighted by Gasteiger charge is 2.29. The molecule has 2 aromatic rings. The van der Waals surface area contributed by atoms with Crippen molar-refractivity contribution in [3.05, 3.63) is 59.7 Å². The van der Waals surface area contributed by atoms with E-state index in [4.69, 9.17) is 9.47 Å². The molecule has 0 radical (unpaired) electrons. The standard InChI is InChI=1S/C22H27NO4/c1-15(12-26-13-16(2)24)23(3)22(25)27-14-21-19-10-6-4-8-17(19)18-9-5-7-11-20(18)21/h4-11,15-16,21,24H,12-14H2,1-3H3. The zero-order chi connectivity index (χ0) is 19.4. The van der Waals surface area contributed by atoms with Gasteiger partial charge in [0.25, 0.3) is 0 Å². The minimum Gasteiger partial charge on any atom is -0.448 e. The molecule has 0 bridgehead atoms. The Kier molecular flexibility index (Phi) is 6.14. The SMILES string of the molecule is CC(O)COCC(C)N(C)C(=O)OCC1c2ccccc2-c2ccccc21. The summed E-state index contributed by atoms with van der Waals surface area (Å²) < 4.78 is 11.0. The Hall–Kier alpha value is -2.37. The van der Waals surface area contributed by atoms with Gasteiger partial charge in [-0.05, 0) is 36.1 Å². The molecule has 0 saturated heterocycles. The number of carbonyl (C=O) groups is 1. The first kappa shape index (κ1) is 19.4. The number of aliphatic hydroxyl groups is 1. The van der Waals surface area contributed by atoms with Gasteiger partial charge in [0.1, 0.15) is 6.61 Å². The lowest BCUT2D eigenvalue weighted by molar-refractivity contribution is 0.0182. The predicted octanol–water partition coefficient (Wildman–Crippen LogP) is 3.65. The Morgan fingerprint density at radius 1 is 1.04 bits per heavy atom.